The molecule has 2 rings (SSSR count). The van der Waals surface area contributed by atoms with Crippen molar-refractivity contribution in [3.05, 3.63) is 60.2 Å². The molecule has 0 fully saturated rings. The summed E-state index contributed by atoms with van der Waals surface area (Å²) in [5.41, 5.74) is 3.70. The number of anilines is 2. The zero-order chi connectivity index (χ0) is 14.2. The Morgan fingerprint density at radius 2 is 1.70 bits per heavy atom. The molecule has 2 aromatic carbocycles. The van der Waals surface area contributed by atoms with E-state index in [0.717, 1.165) is 19.7 Å². The fourth-order valence-corrected chi connectivity index (χ4v) is 2.18. The zero-order valence-electron chi connectivity index (χ0n) is 12.2. The van der Waals surface area contributed by atoms with Gasteiger partial charge in [-0.1, -0.05) is 36.4 Å². The average molecular weight is 270 g/mol. The van der Waals surface area contributed by atoms with Gasteiger partial charge in [0.25, 0.3) is 0 Å². The first kappa shape index (κ1) is 14.6. The van der Waals surface area contributed by atoms with E-state index in [1.807, 2.05) is 6.07 Å². The lowest BCUT2D eigenvalue weighted by Crippen LogP contribution is -2.20. The lowest BCUT2D eigenvalue weighted by Gasteiger charge is -2.22. The molecule has 3 nitrogen and oxygen atoms in total. The molecule has 0 radical (unpaired) electrons. The standard InChI is InChI=1S/C17H22N2O/c1-19(16-9-4-3-5-10-16)17-11-7-6-8-15(17)14-18-12-13-20-2/h3-11,18H,12-14H2,1-2H3. The van der Waals surface area contributed by atoms with Gasteiger partial charge in [0, 0.05) is 38.6 Å². The summed E-state index contributed by atoms with van der Waals surface area (Å²) < 4.78 is 5.05. The van der Waals surface area contributed by atoms with E-state index < -0.39 is 0 Å². The molecule has 0 atom stereocenters. The Bertz CT molecular complexity index is 513. The maximum atomic E-state index is 5.05. The highest BCUT2D eigenvalue weighted by Gasteiger charge is 2.07. The van der Waals surface area contributed by atoms with E-state index in [-0.39, 0.29) is 0 Å². The predicted molar refractivity (Wildman–Crippen MR) is 84.5 cm³/mol. The maximum absolute atomic E-state index is 5.05. The van der Waals surface area contributed by atoms with Crippen molar-refractivity contribution in [1.82, 2.24) is 5.32 Å². The first-order valence-electron chi connectivity index (χ1n) is 6.89. The zero-order valence-corrected chi connectivity index (χ0v) is 12.2. The lowest BCUT2D eigenvalue weighted by atomic mass is 10.1. The predicted octanol–water partition coefficient (Wildman–Crippen LogP) is 3.19. The van der Waals surface area contributed by atoms with E-state index in [0.29, 0.717) is 0 Å². The number of benzene rings is 2. The van der Waals surface area contributed by atoms with Crippen LogP contribution in [0.2, 0.25) is 0 Å². The molecule has 0 aliphatic heterocycles. The second-order valence-corrected chi connectivity index (χ2v) is 4.69. The molecule has 0 aliphatic rings. The number of nitrogens with one attached hydrogen (secondary N) is 1. The first-order chi connectivity index (χ1) is 9.83. The van der Waals surface area contributed by atoms with Gasteiger partial charge in [-0.25, -0.2) is 0 Å². The van der Waals surface area contributed by atoms with Crippen molar-refractivity contribution in [2.45, 2.75) is 6.54 Å². The van der Waals surface area contributed by atoms with Gasteiger partial charge >= 0.3 is 0 Å². The summed E-state index contributed by atoms with van der Waals surface area (Å²) in [5, 5.41) is 3.40. The number of ether oxygens (including phenoxy) is 1. The summed E-state index contributed by atoms with van der Waals surface area (Å²) in [5.74, 6) is 0. The second-order valence-electron chi connectivity index (χ2n) is 4.69. The fraction of sp³-hybridized carbons (Fsp3) is 0.294. The number of hydrogen-bond acceptors (Lipinski definition) is 3. The molecule has 0 saturated carbocycles. The van der Waals surface area contributed by atoms with Crippen molar-refractivity contribution >= 4 is 11.4 Å². The maximum Gasteiger partial charge on any atom is 0.0587 e. The van der Waals surface area contributed by atoms with Gasteiger partial charge < -0.3 is 15.0 Å². The monoisotopic (exact) mass is 270 g/mol. The highest BCUT2D eigenvalue weighted by atomic mass is 16.5. The van der Waals surface area contributed by atoms with Gasteiger partial charge in [0.1, 0.15) is 0 Å². The SMILES string of the molecule is COCCNCc1ccccc1N(C)c1ccccc1. The van der Waals surface area contributed by atoms with Crippen molar-refractivity contribution in [2.24, 2.45) is 0 Å². The molecule has 0 heterocycles. The fourth-order valence-electron chi connectivity index (χ4n) is 2.18. The van der Waals surface area contributed by atoms with Gasteiger partial charge in [0.2, 0.25) is 0 Å². The van der Waals surface area contributed by atoms with Crippen LogP contribution in [0.3, 0.4) is 0 Å². The van der Waals surface area contributed by atoms with Crippen LogP contribution in [0.5, 0.6) is 0 Å². The summed E-state index contributed by atoms with van der Waals surface area (Å²) in [4.78, 5) is 2.22. The van der Waals surface area contributed by atoms with E-state index in [2.05, 4.69) is 65.8 Å². The van der Waals surface area contributed by atoms with Crippen LogP contribution in [0.1, 0.15) is 5.56 Å². The van der Waals surface area contributed by atoms with Gasteiger partial charge in [-0.05, 0) is 23.8 Å². The third-order valence-electron chi connectivity index (χ3n) is 3.29. The molecular formula is C17H22N2O. The van der Waals surface area contributed by atoms with Gasteiger partial charge in [-0.2, -0.15) is 0 Å². The van der Waals surface area contributed by atoms with Crippen LogP contribution in [-0.2, 0) is 11.3 Å². The Morgan fingerprint density at radius 1 is 1.00 bits per heavy atom. The number of rotatable bonds is 7. The van der Waals surface area contributed by atoms with Crippen LogP contribution in [0, 0.1) is 0 Å². The Kier molecular flexibility index (Phi) is 5.59. The quantitative estimate of drug-likeness (QED) is 0.782. The van der Waals surface area contributed by atoms with Crippen LogP contribution in [0.25, 0.3) is 0 Å². The average Bonchev–Trinajstić information content (AvgIpc) is 2.52. The van der Waals surface area contributed by atoms with Gasteiger partial charge in [0.05, 0.1) is 6.61 Å². The van der Waals surface area contributed by atoms with Crippen molar-refractivity contribution < 1.29 is 4.74 Å². The summed E-state index contributed by atoms with van der Waals surface area (Å²) in [6, 6.07) is 18.9. The third kappa shape index (κ3) is 3.83. The molecule has 1 N–H and O–H groups in total. The summed E-state index contributed by atoms with van der Waals surface area (Å²) in [6.07, 6.45) is 0. The highest BCUT2D eigenvalue weighted by molar-refractivity contribution is 5.65. The number of methoxy groups -OCH3 is 1. The topological polar surface area (TPSA) is 24.5 Å². The largest absolute Gasteiger partial charge is 0.383 e. The van der Waals surface area contributed by atoms with Crippen LogP contribution in [-0.4, -0.2) is 27.3 Å². The Balaban J connectivity index is 2.11. The smallest absolute Gasteiger partial charge is 0.0587 e. The van der Waals surface area contributed by atoms with Crippen molar-refractivity contribution in [2.75, 3.05) is 32.2 Å². The van der Waals surface area contributed by atoms with Crippen LogP contribution in [0.15, 0.2) is 54.6 Å². The molecular weight excluding hydrogens is 248 g/mol. The molecule has 3 heteroatoms. The molecule has 0 unspecified atom stereocenters. The van der Waals surface area contributed by atoms with Gasteiger partial charge in [-0.3, -0.25) is 0 Å². The third-order valence-corrected chi connectivity index (χ3v) is 3.29. The molecule has 0 amide bonds. The van der Waals surface area contributed by atoms with Gasteiger partial charge in [0.15, 0.2) is 0 Å². The lowest BCUT2D eigenvalue weighted by molar-refractivity contribution is 0.199. The van der Waals surface area contributed by atoms with E-state index >= 15 is 0 Å². The Hall–Kier alpha value is -1.84. The minimum absolute atomic E-state index is 0.733. The van der Waals surface area contributed by atoms with Crippen molar-refractivity contribution in [1.29, 1.82) is 0 Å². The molecule has 106 valence electrons. The Morgan fingerprint density at radius 3 is 2.45 bits per heavy atom. The van der Waals surface area contributed by atoms with E-state index in [9.17, 15) is 0 Å². The number of hydrogen-bond donors (Lipinski definition) is 1. The molecule has 0 aromatic heterocycles. The summed E-state index contributed by atoms with van der Waals surface area (Å²) in [6.45, 7) is 2.44. The molecule has 0 aliphatic carbocycles. The molecule has 20 heavy (non-hydrogen) atoms. The summed E-state index contributed by atoms with van der Waals surface area (Å²) >= 11 is 0. The van der Waals surface area contributed by atoms with E-state index in [1.165, 1.54) is 16.9 Å². The number of para-hydroxylation sites is 2. The van der Waals surface area contributed by atoms with Crippen LogP contribution in [0.4, 0.5) is 11.4 Å². The Labute approximate surface area is 121 Å². The molecule has 0 bridgehead atoms. The van der Waals surface area contributed by atoms with Crippen LogP contribution >= 0.6 is 0 Å². The van der Waals surface area contributed by atoms with Crippen LogP contribution < -0.4 is 10.2 Å². The van der Waals surface area contributed by atoms with Crippen molar-refractivity contribution in [3.63, 3.8) is 0 Å². The minimum Gasteiger partial charge on any atom is -0.383 e. The van der Waals surface area contributed by atoms with E-state index in [4.69, 9.17) is 4.74 Å². The molecule has 2 aromatic rings. The minimum atomic E-state index is 0.733. The first-order valence-corrected chi connectivity index (χ1v) is 6.89. The normalized spacial score (nSPS) is 10.5. The molecule has 0 spiro atoms. The second kappa shape index (κ2) is 7.68. The highest BCUT2D eigenvalue weighted by Crippen LogP contribution is 2.26. The molecule has 0 saturated heterocycles. The number of nitrogens with zero attached hydrogens (tertiary/aromatic N) is 1. The van der Waals surface area contributed by atoms with E-state index in [1.54, 1.807) is 7.11 Å². The van der Waals surface area contributed by atoms with Crippen molar-refractivity contribution in [3.8, 4) is 0 Å². The summed E-state index contributed by atoms with van der Waals surface area (Å²) in [7, 11) is 3.82. The van der Waals surface area contributed by atoms with Gasteiger partial charge in [-0.15, -0.1) is 0 Å².